The van der Waals surface area contributed by atoms with E-state index in [-0.39, 0.29) is 29.4 Å². The third-order valence-corrected chi connectivity index (χ3v) is 20.8. The molecule has 0 aliphatic heterocycles. The number of rotatable bonds is 49. The van der Waals surface area contributed by atoms with Crippen LogP contribution >= 0.6 is 0 Å². The SMILES string of the molecule is CCCCCCCCC(CCCCCC)CC(=O)OCCCCCC(CCCCCOC(=O)CN(C)C(=O)CC(CCCCCC)CCCCCCCC)NCCO[Si](c1ccccc1)(c1ccccc1)C(C)(C)C. The minimum absolute atomic E-state index is 0.0104. The standard InChI is InChI=1S/C66H116N2O6Si/c1-9-13-17-21-23-31-42-58(41-29-19-15-11-3)55-63(69)68(8)57-65(71)73-53-40-28-34-46-60(67-51-54-74-75(66(5,6)7,61-47-35-25-36-48-61)62-49-37-26-38-50-62)45-33-27-39-52-72-64(70)56-59(43-30-20-16-12-4)44-32-24-22-18-14-10-2/h25-26,35-38,47-50,58-60,67H,9-24,27-34,39-46,51-57H2,1-8H3. The second kappa shape index (κ2) is 43.9. The van der Waals surface area contributed by atoms with Crippen LogP contribution in [0.15, 0.2) is 60.7 Å². The summed E-state index contributed by atoms with van der Waals surface area (Å²) in [7, 11) is -0.886. The fourth-order valence-corrected chi connectivity index (χ4v) is 15.7. The number of nitrogens with one attached hydrogen (secondary N) is 1. The van der Waals surface area contributed by atoms with Gasteiger partial charge in [0.15, 0.2) is 0 Å². The Kier molecular flexibility index (Phi) is 39.9. The van der Waals surface area contributed by atoms with Gasteiger partial charge in [-0.25, -0.2) is 0 Å². The van der Waals surface area contributed by atoms with Crippen molar-refractivity contribution in [3.63, 3.8) is 0 Å². The number of benzene rings is 2. The predicted octanol–water partition coefficient (Wildman–Crippen LogP) is 16.6. The van der Waals surface area contributed by atoms with Gasteiger partial charge in [-0.3, -0.25) is 14.4 Å². The van der Waals surface area contributed by atoms with E-state index in [0.717, 1.165) is 83.6 Å². The zero-order valence-electron chi connectivity index (χ0n) is 50.0. The zero-order chi connectivity index (χ0) is 54.7. The van der Waals surface area contributed by atoms with Gasteiger partial charge in [-0.05, 0) is 78.6 Å². The highest BCUT2D eigenvalue weighted by Crippen LogP contribution is 2.36. The minimum Gasteiger partial charge on any atom is -0.466 e. The summed E-state index contributed by atoms with van der Waals surface area (Å²) in [6.45, 7) is 18.3. The maximum absolute atomic E-state index is 13.3. The molecule has 1 N–H and O–H groups in total. The van der Waals surface area contributed by atoms with Crippen LogP contribution < -0.4 is 15.7 Å². The number of likely N-dealkylation sites (N-methyl/N-ethyl adjacent to an activating group) is 1. The summed E-state index contributed by atoms with van der Waals surface area (Å²) in [5.41, 5.74) is 0. The minimum atomic E-state index is -2.64. The second-order valence-electron chi connectivity index (χ2n) is 23.5. The summed E-state index contributed by atoms with van der Waals surface area (Å²) < 4.78 is 18.8. The van der Waals surface area contributed by atoms with Gasteiger partial charge in [-0.2, -0.15) is 0 Å². The number of amides is 1. The lowest BCUT2D eigenvalue weighted by Gasteiger charge is -2.43. The molecule has 75 heavy (non-hydrogen) atoms. The van der Waals surface area contributed by atoms with Crippen molar-refractivity contribution in [3.05, 3.63) is 60.7 Å². The van der Waals surface area contributed by atoms with E-state index in [1.54, 1.807) is 11.9 Å². The van der Waals surface area contributed by atoms with Gasteiger partial charge in [0.25, 0.3) is 8.32 Å². The Morgan fingerprint density at radius 2 is 0.853 bits per heavy atom. The lowest BCUT2D eigenvalue weighted by atomic mass is 9.91. The molecule has 0 heterocycles. The van der Waals surface area contributed by atoms with Crippen molar-refractivity contribution in [2.24, 2.45) is 11.8 Å². The number of esters is 2. The molecule has 3 unspecified atom stereocenters. The molecule has 0 saturated heterocycles. The molecule has 2 rings (SSSR count). The summed E-state index contributed by atoms with van der Waals surface area (Å²) >= 11 is 0. The van der Waals surface area contributed by atoms with E-state index in [4.69, 9.17) is 13.9 Å². The maximum Gasteiger partial charge on any atom is 0.325 e. The maximum atomic E-state index is 13.3. The topological polar surface area (TPSA) is 94.2 Å². The Morgan fingerprint density at radius 3 is 1.29 bits per heavy atom. The third-order valence-electron chi connectivity index (χ3n) is 15.8. The average Bonchev–Trinajstić information content (AvgIpc) is 3.40. The number of hydrogen-bond acceptors (Lipinski definition) is 7. The van der Waals surface area contributed by atoms with E-state index in [9.17, 15) is 14.4 Å². The molecular formula is C66H116N2O6Si. The van der Waals surface area contributed by atoms with Crippen molar-refractivity contribution in [2.75, 3.05) is 40.0 Å². The van der Waals surface area contributed by atoms with Crippen LogP contribution in [0.5, 0.6) is 0 Å². The molecule has 8 nitrogen and oxygen atoms in total. The van der Waals surface area contributed by atoms with Gasteiger partial charge in [0.05, 0.1) is 13.2 Å². The lowest BCUT2D eigenvalue weighted by molar-refractivity contribution is -0.149. The van der Waals surface area contributed by atoms with E-state index in [2.05, 4.69) is 114 Å². The summed E-state index contributed by atoms with van der Waals surface area (Å²) in [5.74, 6) is 0.575. The fraction of sp³-hybridized carbons (Fsp3) is 0.773. The van der Waals surface area contributed by atoms with Crippen LogP contribution in [0.1, 0.15) is 267 Å². The molecule has 430 valence electrons. The van der Waals surface area contributed by atoms with E-state index in [0.29, 0.717) is 50.5 Å². The van der Waals surface area contributed by atoms with Crippen molar-refractivity contribution in [1.82, 2.24) is 10.2 Å². The zero-order valence-corrected chi connectivity index (χ0v) is 51.0. The summed E-state index contributed by atoms with van der Waals surface area (Å²) in [5, 5.41) is 6.42. The van der Waals surface area contributed by atoms with Crippen LogP contribution in [0.4, 0.5) is 0 Å². The molecule has 0 fully saturated rings. The summed E-state index contributed by atoms with van der Waals surface area (Å²) in [6.07, 6.45) is 38.6. The van der Waals surface area contributed by atoms with Crippen LogP contribution in [0.25, 0.3) is 0 Å². The molecule has 0 aromatic heterocycles. The van der Waals surface area contributed by atoms with E-state index < -0.39 is 8.32 Å². The highest BCUT2D eigenvalue weighted by Gasteiger charge is 2.50. The van der Waals surface area contributed by atoms with Gasteiger partial charge in [0.2, 0.25) is 5.91 Å². The number of carbonyl (C=O) groups excluding carboxylic acids is 3. The number of nitrogens with zero attached hydrogens (tertiary/aromatic N) is 1. The molecule has 3 atom stereocenters. The van der Waals surface area contributed by atoms with Crippen LogP contribution in [0.3, 0.4) is 0 Å². The Morgan fingerprint density at radius 1 is 0.480 bits per heavy atom. The number of hydrogen-bond donors (Lipinski definition) is 1. The Bertz CT molecular complexity index is 1630. The Balaban J connectivity index is 1.95. The molecule has 0 radical (unpaired) electrons. The molecule has 0 bridgehead atoms. The summed E-state index contributed by atoms with van der Waals surface area (Å²) in [6, 6.07) is 22.1. The first-order chi connectivity index (χ1) is 36.4. The van der Waals surface area contributed by atoms with Crippen LogP contribution in [0.2, 0.25) is 5.04 Å². The van der Waals surface area contributed by atoms with Gasteiger partial charge in [0, 0.05) is 39.1 Å². The first kappa shape index (κ1) is 68.1. The van der Waals surface area contributed by atoms with Crippen LogP contribution in [0, 0.1) is 11.8 Å². The highest BCUT2D eigenvalue weighted by molar-refractivity contribution is 6.99. The van der Waals surface area contributed by atoms with Crippen molar-refractivity contribution in [1.29, 1.82) is 0 Å². The second-order valence-corrected chi connectivity index (χ2v) is 27.8. The van der Waals surface area contributed by atoms with E-state index >= 15 is 0 Å². The molecule has 0 aliphatic rings. The van der Waals surface area contributed by atoms with Gasteiger partial charge in [0.1, 0.15) is 6.54 Å². The van der Waals surface area contributed by atoms with Gasteiger partial charge < -0.3 is 24.1 Å². The van der Waals surface area contributed by atoms with Gasteiger partial charge >= 0.3 is 11.9 Å². The van der Waals surface area contributed by atoms with E-state index in [1.807, 2.05) is 0 Å². The van der Waals surface area contributed by atoms with Crippen molar-refractivity contribution in [3.8, 4) is 0 Å². The predicted molar refractivity (Wildman–Crippen MR) is 322 cm³/mol. The quantitative estimate of drug-likeness (QED) is 0.0401. The largest absolute Gasteiger partial charge is 0.466 e. The van der Waals surface area contributed by atoms with Gasteiger partial charge in [-0.1, -0.05) is 263 Å². The number of unbranched alkanes of at least 4 members (excludes halogenated alkanes) is 20. The third kappa shape index (κ3) is 31.2. The van der Waals surface area contributed by atoms with E-state index in [1.165, 1.54) is 139 Å². The van der Waals surface area contributed by atoms with Crippen LogP contribution in [-0.2, 0) is 28.3 Å². The number of carbonyl (C=O) groups is 3. The van der Waals surface area contributed by atoms with Crippen molar-refractivity contribution in [2.45, 2.75) is 278 Å². The van der Waals surface area contributed by atoms with Crippen molar-refractivity contribution < 1.29 is 28.3 Å². The Labute approximate surface area is 463 Å². The molecule has 0 aliphatic carbocycles. The first-order valence-electron chi connectivity index (χ1n) is 31.4. The fourth-order valence-electron chi connectivity index (χ4n) is 11.2. The molecule has 9 heteroatoms. The smallest absolute Gasteiger partial charge is 0.325 e. The van der Waals surface area contributed by atoms with Gasteiger partial charge in [-0.15, -0.1) is 0 Å². The molecule has 2 aromatic carbocycles. The highest BCUT2D eigenvalue weighted by atomic mass is 28.4. The average molecular weight is 1060 g/mol. The lowest BCUT2D eigenvalue weighted by Crippen LogP contribution is -2.67. The first-order valence-corrected chi connectivity index (χ1v) is 33.4. The molecule has 2 aromatic rings. The molecule has 0 spiro atoms. The van der Waals surface area contributed by atoms with Crippen molar-refractivity contribution >= 4 is 36.5 Å². The summed E-state index contributed by atoms with van der Waals surface area (Å²) in [4.78, 5) is 40.9. The number of ether oxygens (including phenoxy) is 2. The molecule has 1 amide bonds. The molecule has 0 saturated carbocycles. The normalized spacial score (nSPS) is 13.1. The van der Waals surface area contributed by atoms with Crippen LogP contribution in [-0.4, -0.2) is 77.1 Å². The Hall–Kier alpha value is -3.01. The molecular weight excluding hydrogens is 945 g/mol. The monoisotopic (exact) mass is 1060 g/mol.